The van der Waals surface area contributed by atoms with Crippen LogP contribution in [0.2, 0.25) is 0 Å². The number of aliphatic carboxylic acids is 1. The Morgan fingerprint density at radius 2 is 1.35 bits per heavy atom. The number of nitrogens with one attached hydrogen (secondary N) is 1. The van der Waals surface area contributed by atoms with Gasteiger partial charge in [-0.2, -0.15) is 0 Å². The molecule has 2 aliphatic carbocycles. The van der Waals surface area contributed by atoms with Crippen molar-refractivity contribution in [2.24, 2.45) is 29.4 Å². The monoisotopic (exact) mass is 368 g/mol. The first-order valence-corrected chi connectivity index (χ1v) is 10.1. The van der Waals surface area contributed by atoms with E-state index in [-0.39, 0.29) is 12.5 Å². The molecule has 2 aliphatic rings. The first kappa shape index (κ1) is 22.5. The molecule has 2 rings (SSSR count). The minimum atomic E-state index is -0.635. The highest BCUT2D eigenvalue weighted by molar-refractivity contribution is 5.83. The van der Waals surface area contributed by atoms with Gasteiger partial charge in [0.1, 0.15) is 0 Å². The molecule has 0 spiro atoms. The minimum Gasteiger partial charge on any atom is -0.481 e. The van der Waals surface area contributed by atoms with Crippen molar-refractivity contribution in [3.63, 3.8) is 0 Å². The summed E-state index contributed by atoms with van der Waals surface area (Å²) in [4.78, 5) is 32.3. The maximum absolute atomic E-state index is 11.4. The summed E-state index contributed by atoms with van der Waals surface area (Å²) in [5.41, 5.74) is 4.95. The van der Waals surface area contributed by atoms with Gasteiger partial charge in [0.2, 0.25) is 11.8 Å². The van der Waals surface area contributed by atoms with Gasteiger partial charge in [-0.25, -0.2) is 0 Å². The van der Waals surface area contributed by atoms with Gasteiger partial charge in [-0.3, -0.25) is 14.4 Å². The summed E-state index contributed by atoms with van der Waals surface area (Å²) in [7, 11) is 0. The van der Waals surface area contributed by atoms with E-state index < -0.39 is 11.9 Å². The Morgan fingerprint density at radius 1 is 0.885 bits per heavy atom. The van der Waals surface area contributed by atoms with E-state index in [1.54, 1.807) is 0 Å². The topological polar surface area (TPSA) is 109 Å². The zero-order chi connectivity index (χ0) is 19.5. The van der Waals surface area contributed by atoms with Crippen LogP contribution < -0.4 is 11.1 Å². The quantitative estimate of drug-likeness (QED) is 0.669. The third kappa shape index (κ3) is 9.20. The second-order valence-corrected chi connectivity index (χ2v) is 8.09. The molecule has 150 valence electrons. The van der Waals surface area contributed by atoms with Crippen LogP contribution >= 0.6 is 0 Å². The number of carbonyl (C=O) groups excluding carboxylic acids is 2. The van der Waals surface area contributed by atoms with E-state index in [9.17, 15) is 14.4 Å². The average molecular weight is 369 g/mol. The third-order valence-electron chi connectivity index (χ3n) is 5.92. The second kappa shape index (κ2) is 11.9. The van der Waals surface area contributed by atoms with Crippen molar-refractivity contribution < 1.29 is 19.5 Å². The minimum absolute atomic E-state index is 0.0417. The SMILES string of the molecule is CC1CCCCC1CC(=O)NCC(N)=O.CC1CCCCC1CC(=O)O. The predicted molar refractivity (Wildman–Crippen MR) is 101 cm³/mol. The molecule has 26 heavy (non-hydrogen) atoms. The molecular weight excluding hydrogens is 332 g/mol. The second-order valence-electron chi connectivity index (χ2n) is 8.09. The van der Waals surface area contributed by atoms with Crippen LogP contribution in [0.5, 0.6) is 0 Å². The van der Waals surface area contributed by atoms with Crippen LogP contribution in [-0.2, 0) is 14.4 Å². The van der Waals surface area contributed by atoms with Gasteiger partial charge in [0.05, 0.1) is 6.54 Å². The molecule has 6 heteroatoms. The molecule has 4 atom stereocenters. The van der Waals surface area contributed by atoms with Crippen LogP contribution in [-0.4, -0.2) is 29.4 Å². The number of rotatable bonds is 6. The van der Waals surface area contributed by atoms with Gasteiger partial charge < -0.3 is 16.2 Å². The summed E-state index contributed by atoms with van der Waals surface area (Å²) >= 11 is 0. The van der Waals surface area contributed by atoms with Crippen LogP contribution in [0, 0.1) is 23.7 Å². The van der Waals surface area contributed by atoms with Crippen LogP contribution in [0.3, 0.4) is 0 Å². The normalized spacial score (nSPS) is 28.4. The van der Waals surface area contributed by atoms with Crippen LogP contribution in [0.15, 0.2) is 0 Å². The van der Waals surface area contributed by atoms with E-state index in [2.05, 4.69) is 19.2 Å². The van der Waals surface area contributed by atoms with Gasteiger partial charge in [-0.1, -0.05) is 52.4 Å². The van der Waals surface area contributed by atoms with Crippen molar-refractivity contribution in [3.8, 4) is 0 Å². The third-order valence-corrected chi connectivity index (χ3v) is 5.92. The summed E-state index contributed by atoms with van der Waals surface area (Å²) in [6.07, 6.45) is 10.6. The first-order chi connectivity index (χ1) is 12.3. The fourth-order valence-electron chi connectivity index (χ4n) is 4.11. The Kier molecular flexibility index (Phi) is 10.3. The Labute approximate surface area is 157 Å². The lowest BCUT2D eigenvalue weighted by Gasteiger charge is -2.28. The van der Waals surface area contributed by atoms with E-state index >= 15 is 0 Å². The van der Waals surface area contributed by atoms with Gasteiger partial charge >= 0.3 is 5.97 Å². The summed E-state index contributed by atoms with van der Waals surface area (Å²) in [5.74, 6) is 1.00. The zero-order valence-corrected chi connectivity index (χ0v) is 16.3. The highest BCUT2D eigenvalue weighted by atomic mass is 16.4. The molecule has 0 aromatic heterocycles. The van der Waals surface area contributed by atoms with Crippen LogP contribution in [0.25, 0.3) is 0 Å². The van der Waals surface area contributed by atoms with Gasteiger partial charge in [0.15, 0.2) is 0 Å². The largest absolute Gasteiger partial charge is 0.481 e. The number of carboxylic acids is 1. The van der Waals surface area contributed by atoms with Crippen molar-refractivity contribution in [3.05, 3.63) is 0 Å². The fourth-order valence-corrected chi connectivity index (χ4v) is 4.11. The number of hydrogen-bond acceptors (Lipinski definition) is 3. The standard InChI is InChI=1S/C11H20N2O2.C9H16O2/c1-8-4-2-3-5-9(8)6-11(15)13-7-10(12)14;1-7-4-2-3-5-8(7)6-9(10)11/h8-9H,2-7H2,1H3,(H2,12,14)(H,13,15);7-8H,2-6H2,1H3,(H,10,11). The molecule has 0 radical (unpaired) electrons. The summed E-state index contributed by atoms with van der Waals surface area (Å²) in [6, 6.07) is 0. The summed E-state index contributed by atoms with van der Waals surface area (Å²) in [6.45, 7) is 4.33. The fraction of sp³-hybridized carbons (Fsp3) is 0.850. The highest BCUT2D eigenvalue weighted by Gasteiger charge is 2.24. The van der Waals surface area contributed by atoms with E-state index in [0.717, 1.165) is 12.8 Å². The van der Waals surface area contributed by atoms with Gasteiger partial charge in [-0.15, -0.1) is 0 Å². The lowest BCUT2D eigenvalue weighted by Crippen LogP contribution is -2.35. The van der Waals surface area contributed by atoms with E-state index in [0.29, 0.717) is 36.5 Å². The Balaban J connectivity index is 0.000000273. The first-order valence-electron chi connectivity index (χ1n) is 10.1. The van der Waals surface area contributed by atoms with Gasteiger partial charge in [-0.05, 0) is 36.5 Å². The van der Waals surface area contributed by atoms with Gasteiger partial charge in [0, 0.05) is 12.8 Å². The number of hydrogen-bond donors (Lipinski definition) is 3. The molecule has 0 aliphatic heterocycles. The number of nitrogens with two attached hydrogens (primary N) is 1. The van der Waals surface area contributed by atoms with E-state index in [1.165, 1.54) is 38.5 Å². The molecule has 0 aromatic rings. The lowest BCUT2D eigenvalue weighted by molar-refractivity contribution is -0.138. The van der Waals surface area contributed by atoms with Crippen molar-refractivity contribution in [2.75, 3.05) is 6.54 Å². The van der Waals surface area contributed by atoms with Crippen LogP contribution in [0.4, 0.5) is 0 Å². The molecule has 0 aromatic carbocycles. The van der Waals surface area contributed by atoms with Crippen molar-refractivity contribution in [1.82, 2.24) is 5.32 Å². The van der Waals surface area contributed by atoms with E-state index in [4.69, 9.17) is 10.8 Å². The van der Waals surface area contributed by atoms with Gasteiger partial charge in [0.25, 0.3) is 0 Å². The number of carbonyl (C=O) groups is 3. The molecule has 0 saturated heterocycles. The van der Waals surface area contributed by atoms with Crippen LogP contribution in [0.1, 0.15) is 78.1 Å². The Hall–Kier alpha value is -1.59. The average Bonchev–Trinajstić information content (AvgIpc) is 2.57. The number of carboxylic acid groups (broad SMARTS) is 1. The maximum atomic E-state index is 11.4. The number of primary amides is 1. The Bertz CT molecular complexity index is 467. The molecule has 0 bridgehead atoms. The predicted octanol–water partition coefficient (Wildman–Crippen LogP) is 3.09. The lowest BCUT2D eigenvalue weighted by atomic mass is 9.78. The van der Waals surface area contributed by atoms with Crippen molar-refractivity contribution >= 4 is 17.8 Å². The molecular formula is C20H36N2O4. The highest BCUT2D eigenvalue weighted by Crippen LogP contribution is 2.32. The van der Waals surface area contributed by atoms with Crippen molar-refractivity contribution in [2.45, 2.75) is 78.1 Å². The molecule has 4 N–H and O–H groups in total. The molecule has 6 nitrogen and oxygen atoms in total. The summed E-state index contributed by atoms with van der Waals surface area (Å²) in [5, 5.41) is 11.1. The molecule has 4 unspecified atom stereocenters. The smallest absolute Gasteiger partial charge is 0.303 e. The molecule has 2 fully saturated rings. The molecule has 2 amide bonds. The molecule has 0 heterocycles. The molecule has 2 saturated carbocycles. The number of amides is 2. The summed E-state index contributed by atoms with van der Waals surface area (Å²) < 4.78 is 0. The van der Waals surface area contributed by atoms with E-state index in [1.807, 2.05) is 0 Å². The van der Waals surface area contributed by atoms with Crippen molar-refractivity contribution in [1.29, 1.82) is 0 Å². The maximum Gasteiger partial charge on any atom is 0.303 e. The zero-order valence-electron chi connectivity index (χ0n) is 16.3. The Morgan fingerprint density at radius 3 is 1.77 bits per heavy atom.